The van der Waals surface area contributed by atoms with Gasteiger partial charge in [-0.1, -0.05) is 30.3 Å². The Morgan fingerprint density at radius 2 is 1.62 bits per heavy atom. The van der Waals surface area contributed by atoms with Crippen molar-refractivity contribution in [1.29, 1.82) is 0 Å². The summed E-state index contributed by atoms with van der Waals surface area (Å²) in [5, 5.41) is 2.61. The molecule has 6 heteroatoms. The van der Waals surface area contributed by atoms with Crippen molar-refractivity contribution in [2.45, 2.75) is 13.8 Å². The fourth-order valence-corrected chi connectivity index (χ4v) is 2.56. The normalized spacial score (nSPS) is 11.0. The van der Waals surface area contributed by atoms with Gasteiger partial charge in [-0.2, -0.15) is 0 Å². The third-order valence-corrected chi connectivity index (χ3v) is 3.99. The standard InChI is InChI=1S/C20H24N4O2/c1-3-24(4-2)17-12-10-15(11-13-17)14-18(20(26)23-21)22-19(25)16-8-6-5-7-9-16/h5-14H,3-4,21H2,1-2H3,(H,22,25)(H,23,26)/b18-14+. The van der Waals surface area contributed by atoms with Crippen molar-refractivity contribution < 1.29 is 9.59 Å². The first-order valence-electron chi connectivity index (χ1n) is 8.53. The number of amides is 2. The predicted molar refractivity (Wildman–Crippen MR) is 104 cm³/mol. The monoisotopic (exact) mass is 352 g/mol. The van der Waals surface area contributed by atoms with Crippen molar-refractivity contribution in [3.05, 3.63) is 71.4 Å². The molecule has 0 fully saturated rings. The Labute approximate surface area is 153 Å². The van der Waals surface area contributed by atoms with E-state index in [1.165, 1.54) is 0 Å². The van der Waals surface area contributed by atoms with Gasteiger partial charge in [0.05, 0.1) is 0 Å². The molecule has 4 N–H and O–H groups in total. The highest BCUT2D eigenvalue weighted by Crippen LogP contribution is 2.16. The van der Waals surface area contributed by atoms with Crippen LogP contribution in [0.1, 0.15) is 29.8 Å². The van der Waals surface area contributed by atoms with Gasteiger partial charge in [0.1, 0.15) is 5.70 Å². The van der Waals surface area contributed by atoms with Gasteiger partial charge in [-0.05, 0) is 49.8 Å². The van der Waals surface area contributed by atoms with Crippen molar-refractivity contribution in [1.82, 2.24) is 10.7 Å². The molecule has 0 heterocycles. The number of carbonyl (C=O) groups excluding carboxylic acids is 2. The third kappa shape index (κ3) is 4.94. The fraction of sp³-hybridized carbons (Fsp3) is 0.200. The lowest BCUT2D eigenvalue weighted by Crippen LogP contribution is -2.38. The summed E-state index contributed by atoms with van der Waals surface area (Å²) in [7, 11) is 0. The SMILES string of the molecule is CCN(CC)c1ccc(/C=C(/NC(=O)c2ccccc2)C(=O)NN)cc1. The zero-order valence-corrected chi connectivity index (χ0v) is 15.0. The lowest BCUT2D eigenvalue weighted by Gasteiger charge is -2.20. The van der Waals surface area contributed by atoms with Gasteiger partial charge in [0.25, 0.3) is 11.8 Å². The van der Waals surface area contributed by atoms with Crippen LogP contribution in [0.4, 0.5) is 5.69 Å². The molecule has 0 saturated heterocycles. The first-order chi connectivity index (χ1) is 12.6. The lowest BCUT2D eigenvalue weighted by atomic mass is 10.1. The molecule has 2 aromatic rings. The number of nitrogens with zero attached hydrogens (tertiary/aromatic N) is 1. The highest BCUT2D eigenvalue weighted by molar-refractivity contribution is 6.05. The average Bonchev–Trinajstić information content (AvgIpc) is 2.69. The van der Waals surface area contributed by atoms with Crippen LogP contribution in [0, 0.1) is 0 Å². The zero-order valence-electron chi connectivity index (χ0n) is 15.0. The van der Waals surface area contributed by atoms with Crippen LogP contribution in [-0.4, -0.2) is 24.9 Å². The summed E-state index contributed by atoms with van der Waals surface area (Å²) in [5.74, 6) is 4.30. The van der Waals surface area contributed by atoms with E-state index in [-0.39, 0.29) is 11.6 Å². The summed E-state index contributed by atoms with van der Waals surface area (Å²) >= 11 is 0. The van der Waals surface area contributed by atoms with Crippen LogP contribution in [0.3, 0.4) is 0 Å². The molecule has 0 aliphatic heterocycles. The second kappa shape index (κ2) is 9.39. The van der Waals surface area contributed by atoms with E-state index in [0.29, 0.717) is 5.56 Å². The smallest absolute Gasteiger partial charge is 0.281 e. The molecular weight excluding hydrogens is 328 g/mol. The zero-order chi connectivity index (χ0) is 18.9. The van der Waals surface area contributed by atoms with Crippen molar-refractivity contribution >= 4 is 23.6 Å². The van der Waals surface area contributed by atoms with Crippen LogP contribution < -0.4 is 21.5 Å². The number of rotatable bonds is 7. The Kier molecular flexibility index (Phi) is 6.93. The molecule has 0 aliphatic rings. The second-order valence-corrected chi connectivity index (χ2v) is 5.62. The third-order valence-electron chi connectivity index (χ3n) is 3.99. The summed E-state index contributed by atoms with van der Waals surface area (Å²) in [6.07, 6.45) is 1.59. The Hall–Kier alpha value is -3.12. The van der Waals surface area contributed by atoms with E-state index in [9.17, 15) is 9.59 Å². The number of benzene rings is 2. The molecule has 0 bridgehead atoms. The molecule has 2 rings (SSSR count). The molecule has 6 nitrogen and oxygen atoms in total. The molecular formula is C20H24N4O2. The van der Waals surface area contributed by atoms with Gasteiger partial charge in [-0.3, -0.25) is 15.0 Å². The quantitative estimate of drug-likeness (QED) is 0.309. The van der Waals surface area contributed by atoms with Gasteiger partial charge in [0, 0.05) is 24.3 Å². The van der Waals surface area contributed by atoms with Crippen molar-refractivity contribution in [2.24, 2.45) is 5.84 Å². The van der Waals surface area contributed by atoms with Crippen LogP contribution >= 0.6 is 0 Å². The predicted octanol–water partition coefficient (Wildman–Crippen LogP) is 2.29. The topological polar surface area (TPSA) is 87.5 Å². The maximum atomic E-state index is 12.3. The number of anilines is 1. The van der Waals surface area contributed by atoms with Crippen LogP contribution in [0.2, 0.25) is 0 Å². The Bertz CT molecular complexity index is 766. The molecule has 2 amide bonds. The fourth-order valence-electron chi connectivity index (χ4n) is 2.56. The number of carbonyl (C=O) groups is 2. The number of hydrogen-bond acceptors (Lipinski definition) is 4. The Morgan fingerprint density at radius 1 is 1.00 bits per heavy atom. The minimum atomic E-state index is -0.567. The minimum Gasteiger partial charge on any atom is -0.372 e. The van der Waals surface area contributed by atoms with Crippen LogP contribution in [-0.2, 0) is 4.79 Å². The van der Waals surface area contributed by atoms with E-state index in [0.717, 1.165) is 24.3 Å². The number of hydrogen-bond donors (Lipinski definition) is 3. The van der Waals surface area contributed by atoms with Crippen LogP contribution in [0.15, 0.2) is 60.3 Å². The van der Waals surface area contributed by atoms with Crippen molar-refractivity contribution in [3.8, 4) is 0 Å². The van der Waals surface area contributed by atoms with Gasteiger partial charge in [-0.15, -0.1) is 0 Å². The summed E-state index contributed by atoms with van der Waals surface area (Å²) in [5.41, 5.74) is 4.49. The summed E-state index contributed by atoms with van der Waals surface area (Å²) in [6, 6.07) is 16.4. The largest absolute Gasteiger partial charge is 0.372 e. The molecule has 0 radical (unpaired) electrons. The molecule has 136 valence electrons. The van der Waals surface area contributed by atoms with Crippen LogP contribution in [0.25, 0.3) is 6.08 Å². The minimum absolute atomic E-state index is 0.0805. The number of nitrogens with two attached hydrogens (primary N) is 1. The maximum Gasteiger partial charge on any atom is 0.281 e. The highest BCUT2D eigenvalue weighted by Gasteiger charge is 2.13. The Balaban J connectivity index is 2.23. The molecule has 0 aromatic heterocycles. The van der Waals surface area contributed by atoms with E-state index in [4.69, 9.17) is 5.84 Å². The van der Waals surface area contributed by atoms with Crippen molar-refractivity contribution in [2.75, 3.05) is 18.0 Å². The summed E-state index contributed by atoms with van der Waals surface area (Å²) in [4.78, 5) is 26.6. The van der Waals surface area contributed by atoms with E-state index >= 15 is 0 Å². The van der Waals surface area contributed by atoms with E-state index in [2.05, 4.69) is 29.5 Å². The molecule has 0 spiro atoms. The number of hydrazine groups is 1. The van der Waals surface area contributed by atoms with Gasteiger partial charge in [0.15, 0.2) is 0 Å². The molecule has 0 saturated carbocycles. The van der Waals surface area contributed by atoms with E-state index in [1.54, 1.807) is 30.3 Å². The highest BCUT2D eigenvalue weighted by atomic mass is 16.2. The van der Waals surface area contributed by atoms with Crippen molar-refractivity contribution in [3.63, 3.8) is 0 Å². The average molecular weight is 352 g/mol. The lowest BCUT2D eigenvalue weighted by molar-refractivity contribution is -0.117. The first-order valence-corrected chi connectivity index (χ1v) is 8.53. The molecule has 0 unspecified atom stereocenters. The molecule has 2 aromatic carbocycles. The first kappa shape index (κ1) is 19.2. The van der Waals surface area contributed by atoms with Gasteiger partial charge in [-0.25, -0.2) is 5.84 Å². The van der Waals surface area contributed by atoms with Gasteiger partial charge in [0.2, 0.25) is 0 Å². The van der Waals surface area contributed by atoms with E-state index < -0.39 is 5.91 Å². The Morgan fingerprint density at radius 3 is 2.15 bits per heavy atom. The second-order valence-electron chi connectivity index (χ2n) is 5.62. The van der Waals surface area contributed by atoms with E-state index in [1.807, 2.05) is 30.3 Å². The molecule has 0 aliphatic carbocycles. The van der Waals surface area contributed by atoms with Crippen LogP contribution in [0.5, 0.6) is 0 Å². The van der Waals surface area contributed by atoms with Gasteiger partial charge >= 0.3 is 0 Å². The van der Waals surface area contributed by atoms with Gasteiger partial charge < -0.3 is 10.2 Å². The summed E-state index contributed by atoms with van der Waals surface area (Å²) in [6.45, 7) is 6.03. The maximum absolute atomic E-state index is 12.3. The molecule has 26 heavy (non-hydrogen) atoms. The number of nitrogens with one attached hydrogen (secondary N) is 2. The summed E-state index contributed by atoms with van der Waals surface area (Å²) < 4.78 is 0. The molecule has 0 atom stereocenters.